The number of nitrogens with one attached hydrogen (secondary N) is 2. The van der Waals surface area contributed by atoms with Crippen molar-refractivity contribution in [3.63, 3.8) is 0 Å². The fraction of sp³-hybridized carbons (Fsp3) is 0.389. The van der Waals surface area contributed by atoms with Crippen molar-refractivity contribution in [1.29, 1.82) is 0 Å². The van der Waals surface area contributed by atoms with Crippen LogP contribution in [0.25, 0.3) is 0 Å². The molecular formula is C18H27Cl2N5O2. The summed E-state index contributed by atoms with van der Waals surface area (Å²) >= 11 is 0. The Morgan fingerprint density at radius 3 is 2.44 bits per heavy atom. The maximum Gasteiger partial charge on any atom is 0.253 e. The summed E-state index contributed by atoms with van der Waals surface area (Å²) in [7, 11) is 1.89. The van der Waals surface area contributed by atoms with Gasteiger partial charge in [0.1, 0.15) is 0 Å². The summed E-state index contributed by atoms with van der Waals surface area (Å²) in [5, 5.41) is 9.90. The molecule has 0 aliphatic carbocycles. The Morgan fingerprint density at radius 2 is 1.85 bits per heavy atom. The van der Waals surface area contributed by atoms with Gasteiger partial charge < -0.3 is 16.4 Å². The number of amides is 2. The van der Waals surface area contributed by atoms with Gasteiger partial charge in [0.05, 0.1) is 16.9 Å². The van der Waals surface area contributed by atoms with E-state index in [0.717, 1.165) is 17.0 Å². The van der Waals surface area contributed by atoms with Crippen molar-refractivity contribution in [2.24, 2.45) is 12.8 Å². The lowest BCUT2D eigenvalue weighted by Gasteiger charge is -2.11. The number of anilines is 1. The maximum atomic E-state index is 12.3. The van der Waals surface area contributed by atoms with Gasteiger partial charge in [-0.1, -0.05) is 12.1 Å². The third-order valence-corrected chi connectivity index (χ3v) is 4.14. The second-order valence-corrected chi connectivity index (χ2v) is 5.91. The molecule has 0 spiro atoms. The third kappa shape index (κ3) is 6.53. The Balaban J connectivity index is 0.00000338. The molecule has 0 aliphatic rings. The molecule has 27 heavy (non-hydrogen) atoms. The van der Waals surface area contributed by atoms with E-state index in [9.17, 15) is 9.59 Å². The number of aryl methyl sites for hydroxylation is 2. The summed E-state index contributed by atoms with van der Waals surface area (Å²) in [6, 6.07) is 6.94. The lowest BCUT2D eigenvalue weighted by molar-refractivity contribution is -0.116. The number of nitrogens with two attached hydrogens (primary N) is 1. The second kappa shape index (κ2) is 11.6. The zero-order valence-corrected chi connectivity index (χ0v) is 17.4. The first kappa shape index (κ1) is 24.9. The largest absolute Gasteiger partial charge is 0.351 e. The van der Waals surface area contributed by atoms with E-state index in [0.29, 0.717) is 37.2 Å². The minimum atomic E-state index is -0.250. The van der Waals surface area contributed by atoms with E-state index in [2.05, 4.69) is 15.7 Å². The minimum absolute atomic E-state index is 0. The molecule has 0 saturated heterocycles. The lowest BCUT2D eigenvalue weighted by atomic mass is 10.1. The Hall–Kier alpha value is -2.09. The van der Waals surface area contributed by atoms with E-state index < -0.39 is 0 Å². The van der Waals surface area contributed by atoms with Gasteiger partial charge in [0, 0.05) is 32.3 Å². The van der Waals surface area contributed by atoms with Crippen LogP contribution < -0.4 is 16.4 Å². The van der Waals surface area contributed by atoms with Crippen LogP contribution in [0.5, 0.6) is 0 Å². The molecule has 7 nitrogen and oxygen atoms in total. The van der Waals surface area contributed by atoms with E-state index in [4.69, 9.17) is 5.73 Å². The van der Waals surface area contributed by atoms with E-state index >= 15 is 0 Å². The van der Waals surface area contributed by atoms with Gasteiger partial charge in [-0.3, -0.25) is 14.3 Å². The van der Waals surface area contributed by atoms with Crippen molar-refractivity contribution < 1.29 is 9.59 Å². The number of rotatable bonds is 7. The Morgan fingerprint density at radius 1 is 1.19 bits per heavy atom. The highest BCUT2D eigenvalue weighted by Crippen LogP contribution is 2.17. The molecule has 0 radical (unpaired) electrons. The van der Waals surface area contributed by atoms with Gasteiger partial charge in [0.25, 0.3) is 5.91 Å². The van der Waals surface area contributed by atoms with Crippen LogP contribution in [0.1, 0.15) is 33.7 Å². The Labute approximate surface area is 171 Å². The molecule has 0 saturated carbocycles. The van der Waals surface area contributed by atoms with Crippen molar-refractivity contribution in [3.05, 3.63) is 46.8 Å². The molecule has 0 bridgehead atoms. The molecule has 0 unspecified atom stereocenters. The number of halogens is 2. The van der Waals surface area contributed by atoms with Crippen LogP contribution in [0, 0.1) is 13.8 Å². The normalized spacial score (nSPS) is 9.78. The molecule has 2 rings (SSSR count). The molecule has 0 fully saturated rings. The quantitative estimate of drug-likeness (QED) is 0.644. The molecule has 1 heterocycles. The number of nitrogens with zero attached hydrogens (tertiary/aromatic N) is 2. The van der Waals surface area contributed by atoms with Gasteiger partial charge in [-0.25, -0.2) is 0 Å². The zero-order chi connectivity index (χ0) is 18.4. The van der Waals surface area contributed by atoms with Gasteiger partial charge in [0.2, 0.25) is 5.91 Å². The SMILES string of the molecule is Cc1nn(C)c(C)c1CCC(=O)Nc1ccccc1C(=O)NCCN.Cl.Cl. The second-order valence-electron chi connectivity index (χ2n) is 5.91. The number of carbonyl (C=O) groups excluding carboxylic acids is 2. The van der Waals surface area contributed by atoms with E-state index in [1.54, 1.807) is 24.3 Å². The topological polar surface area (TPSA) is 102 Å². The van der Waals surface area contributed by atoms with Crippen LogP contribution in [0.4, 0.5) is 5.69 Å². The average molecular weight is 416 g/mol. The first-order valence-corrected chi connectivity index (χ1v) is 8.30. The first-order valence-electron chi connectivity index (χ1n) is 8.30. The maximum absolute atomic E-state index is 12.3. The third-order valence-electron chi connectivity index (χ3n) is 4.14. The highest BCUT2D eigenvalue weighted by atomic mass is 35.5. The smallest absolute Gasteiger partial charge is 0.253 e. The molecular weight excluding hydrogens is 389 g/mol. The predicted molar refractivity (Wildman–Crippen MR) is 112 cm³/mol. The van der Waals surface area contributed by atoms with Gasteiger partial charge in [0.15, 0.2) is 0 Å². The Kier molecular flexibility index (Phi) is 10.7. The van der Waals surface area contributed by atoms with Gasteiger partial charge in [-0.15, -0.1) is 24.8 Å². The standard InChI is InChI=1S/C18H25N5O2.2ClH/c1-12-14(13(2)23(3)22-12)8-9-17(24)21-16-7-5-4-6-15(16)18(25)20-11-10-19;;/h4-7H,8-11,19H2,1-3H3,(H,20,25)(H,21,24);2*1H. The molecule has 150 valence electrons. The summed E-state index contributed by atoms with van der Waals surface area (Å²) in [4.78, 5) is 24.5. The van der Waals surface area contributed by atoms with Gasteiger partial charge in [-0.05, 0) is 38.0 Å². The highest BCUT2D eigenvalue weighted by Gasteiger charge is 2.14. The fourth-order valence-electron chi connectivity index (χ4n) is 2.70. The zero-order valence-electron chi connectivity index (χ0n) is 15.7. The molecule has 1 aromatic carbocycles. The number of hydrogen-bond donors (Lipinski definition) is 3. The van der Waals surface area contributed by atoms with Crippen LogP contribution in [0.2, 0.25) is 0 Å². The first-order chi connectivity index (χ1) is 11.9. The fourth-order valence-corrected chi connectivity index (χ4v) is 2.70. The van der Waals surface area contributed by atoms with Crippen molar-refractivity contribution in [2.75, 3.05) is 18.4 Å². The number of benzene rings is 1. The van der Waals surface area contributed by atoms with Crippen LogP contribution >= 0.6 is 24.8 Å². The van der Waals surface area contributed by atoms with Crippen LogP contribution in [0.3, 0.4) is 0 Å². The molecule has 2 aromatic rings. The summed E-state index contributed by atoms with van der Waals surface area (Å²) in [5.41, 5.74) is 9.42. The van der Waals surface area contributed by atoms with E-state index in [-0.39, 0.29) is 36.6 Å². The summed E-state index contributed by atoms with van der Waals surface area (Å²) in [6.07, 6.45) is 0.936. The Bertz CT molecular complexity index is 777. The highest BCUT2D eigenvalue weighted by molar-refractivity contribution is 6.03. The molecule has 1 aromatic heterocycles. The van der Waals surface area contributed by atoms with Crippen LogP contribution in [-0.4, -0.2) is 34.7 Å². The molecule has 9 heteroatoms. The molecule has 4 N–H and O–H groups in total. The average Bonchev–Trinajstić information content (AvgIpc) is 2.83. The van der Waals surface area contributed by atoms with Crippen molar-refractivity contribution in [2.45, 2.75) is 26.7 Å². The van der Waals surface area contributed by atoms with E-state index in [1.807, 2.05) is 25.6 Å². The van der Waals surface area contributed by atoms with Crippen molar-refractivity contribution >= 4 is 42.3 Å². The van der Waals surface area contributed by atoms with Crippen LogP contribution in [0.15, 0.2) is 24.3 Å². The lowest BCUT2D eigenvalue weighted by Crippen LogP contribution is -2.30. The predicted octanol–water partition coefficient (Wildman–Crippen LogP) is 2.14. The molecule has 0 atom stereocenters. The summed E-state index contributed by atoms with van der Waals surface area (Å²) in [6.45, 7) is 4.69. The molecule has 0 aliphatic heterocycles. The summed E-state index contributed by atoms with van der Waals surface area (Å²) in [5.74, 6) is -0.387. The summed E-state index contributed by atoms with van der Waals surface area (Å²) < 4.78 is 1.82. The van der Waals surface area contributed by atoms with Crippen LogP contribution in [-0.2, 0) is 18.3 Å². The monoisotopic (exact) mass is 415 g/mol. The number of aromatic nitrogens is 2. The van der Waals surface area contributed by atoms with Gasteiger partial charge in [-0.2, -0.15) is 5.10 Å². The molecule has 2 amide bonds. The van der Waals surface area contributed by atoms with Crippen molar-refractivity contribution in [3.8, 4) is 0 Å². The number of hydrogen-bond acceptors (Lipinski definition) is 4. The van der Waals surface area contributed by atoms with Crippen molar-refractivity contribution in [1.82, 2.24) is 15.1 Å². The van der Waals surface area contributed by atoms with E-state index in [1.165, 1.54) is 0 Å². The number of para-hydroxylation sites is 1. The number of carbonyl (C=O) groups is 2. The van der Waals surface area contributed by atoms with Gasteiger partial charge >= 0.3 is 0 Å². The minimum Gasteiger partial charge on any atom is -0.351 e.